The molecule has 0 aromatic heterocycles. The summed E-state index contributed by atoms with van der Waals surface area (Å²) in [6.07, 6.45) is 1.50. The molecule has 88 valence electrons. The Balaban J connectivity index is 0. The molecule has 0 heterocycles. The molecule has 0 aromatic rings. The van der Waals surface area contributed by atoms with E-state index in [-0.39, 0.29) is 0 Å². The molecule has 4 heteroatoms. The van der Waals surface area contributed by atoms with Crippen molar-refractivity contribution >= 4 is 0 Å². The van der Waals surface area contributed by atoms with Crippen LogP contribution in [0.2, 0.25) is 0 Å². The molecule has 0 unspecified atom stereocenters. The van der Waals surface area contributed by atoms with Gasteiger partial charge in [-0.25, -0.2) is 0 Å². The molecule has 14 heavy (non-hydrogen) atoms. The van der Waals surface area contributed by atoms with Gasteiger partial charge in [-0.3, -0.25) is 0 Å². The van der Waals surface area contributed by atoms with Gasteiger partial charge in [0.15, 0.2) is 0 Å². The minimum atomic E-state index is -0.681. The van der Waals surface area contributed by atoms with Crippen LogP contribution in [-0.4, -0.2) is 34.5 Å². The molecule has 0 amide bonds. The normalized spacial score (nSPS) is 12.0. The molecule has 0 saturated carbocycles. The van der Waals surface area contributed by atoms with E-state index in [0.29, 0.717) is 13.1 Å². The summed E-state index contributed by atoms with van der Waals surface area (Å²) in [5.74, 6) is 0. The highest BCUT2D eigenvalue weighted by Gasteiger charge is 2.18. The lowest BCUT2D eigenvalue weighted by Crippen LogP contribution is -2.35. The van der Waals surface area contributed by atoms with Crippen molar-refractivity contribution in [2.45, 2.75) is 51.7 Å². The van der Waals surface area contributed by atoms with Gasteiger partial charge in [0.2, 0.25) is 0 Å². The van der Waals surface area contributed by atoms with Gasteiger partial charge in [0.1, 0.15) is 0 Å². The molecule has 0 aliphatic carbocycles. The van der Waals surface area contributed by atoms with E-state index in [4.69, 9.17) is 16.6 Å². The SMILES string of the molecule is CC(C)(O)CN.CCC(O)(CC)CN. The standard InChI is InChI=1S/C6H15NO.C4H11NO/c1-3-6(8,4-2)5-7;1-4(2,6)3-5/h8H,3-5,7H2,1-2H3;6H,3,5H2,1-2H3. The van der Waals surface area contributed by atoms with Gasteiger partial charge in [-0.05, 0) is 26.7 Å². The lowest BCUT2D eigenvalue weighted by Gasteiger charge is -2.21. The number of nitrogens with two attached hydrogens (primary N) is 2. The molecule has 0 aliphatic rings. The van der Waals surface area contributed by atoms with Crippen molar-refractivity contribution in [1.29, 1.82) is 0 Å². The molecule has 0 aliphatic heterocycles. The molecule has 0 atom stereocenters. The van der Waals surface area contributed by atoms with Crippen molar-refractivity contribution in [3.8, 4) is 0 Å². The Morgan fingerprint density at radius 2 is 1.21 bits per heavy atom. The molecule has 0 fully saturated rings. The average molecular weight is 206 g/mol. The first-order chi connectivity index (χ1) is 6.24. The van der Waals surface area contributed by atoms with E-state index in [9.17, 15) is 5.11 Å². The first kappa shape index (κ1) is 16.3. The van der Waals surface area contributed by atoms with Gasteiger partial charge in [0.25, 0.3) is 0 Å². The molecular weight excluding hydrogens is 180 g/mol. The van der Waals surface area contributed by atoms with Crippen LogP contribution in [0, 0.1) is 0 Å². The summed E-state index contributed by atoms with van der Waals surface area (Å²) in [6, 6.07) is 0. The minimum absolute atomic E-state index is 0.326. The van der Waals surface area contributed by atoms with Crippen LogP contribution in [0.1, 0.15) is 40.5 Å². The Hall–Kier alpha value is -0.160. The van der Waals surface area contributed by atoms with Crippen LogP contribution in [-0.2, 0) is 0 Å². The summed E-state index contributed by atoms with van der Waals surface area (Å²) in [7, 11) is 0. The van der Waals surface area contributed by atoms with Crippen LogP contribution in [0.5, 0.6) is 0 Å². The number of aliphatic hydroxyl groups is 2. The second kappa shape index (κ2) is 7.17. The highest BCUT2D eigenvalue weighted by atomic mass is 16.3. The van der Waals surface area contributed by atoms with Crippen LogP contribution in [0.15, 0.2) is 0 Å². The first-order valence-electron chi connectivity index (χ1n) is 5.09. The predicted octanol–water partition coefficient (Wildman–Crippen LogP) is 0.212. The third-order valence-electron chi connectivity index (χ3n) is 2.20. The van der Waals surface area contributed by atoms with Crippen molar-refractivity contribution in [2.24, 2.45) is 11.5 Å². The molecule has 0 aromatic carbocycles. The van der Waals surface area contributed by atoms with Crippen molar-refractivity contribution < 1.29 is 10.2 Å². The van der Waals surface area contributed by atoms with E-state index in [1.165, 1.54) is 0 Å². The van der Waals surface area contributed by atoms with E-state index in [1.807, 2.05) is 13.8 Å². The lowest BCUT2D eigenvalue weighted by atomic mass is 9.98. The van der Waals surface area contributed by atoms with Crippen molar-refractivity contribution in [1.82, 2.24) is 0 Å². The third kappa shape index (κ3) is 9.92. The largest absolute Gasteiger partial charge is 0.389 e. The first-order valence-corrected chi connectivity index (χ1v) is 5.09. The average Bonchev–Trinajstić information content (AvgIpc) is 2.16. The van der Waals surface area contributed by atoms with E-state index in [2.05, 4.69) is 0 Å². The van der Waals surface area contributed by atoms with Crippen molar-refractivity contribution in [3.63, 3.8) is 0 Å². The highest BCUT2D eigenvalue weighted by Crippen LogP contribution is 2.10. The Morgan fingerprint density at radius 3 is 1.21 bits per heavy atom. The smallest absolute Gasteiger partial charge is 0.0764 e. The van der Waals surface area contributed by atoms with Gasteiger partial charge in [-0.15, -0.1) is 0 Å². The minimum Gasteiger partial charge on any atom is -0.389 e. The quantitative estimate of drug-likeness (QED) is 0.529. The fourth-order valence-corrected chi connectivity index (χ4v) is 0.539. The predicted molar refractivity (Wildman–Crippen MR) is 59.9 cm³/mol. The second-order valence-corrected chi connectivity index (χ2v) is 4.15. The Bertz CT molecular complexity index is 120. The topological polar surface area (TPSA) is 92.5 Å². The zero-order valence-corrected chi connectivity index (χ0v) is 9.88. The van der Waals surface area contributed by atoms with Crippen molar-refractivity contribution in [3.05, 3.63) is 0 Å². The van der Waals surface area contributed by atoms with Gasteiger partial charge in [-0.1, -0.05) is 13.8 Å². The summed E-state index contributed by atoms with van der Waals surface area (Å²) in [5.41, 5.74) is 9.06. The Kier molecular flexibility index (Phi) is 8.34. The lowest BCUT2D eigenvalue weighted by molar-refractivity contribution is 0.0414. The van der Waals surface area contributed by atoms with Gasteiger partial charge in [0.05, 0.1) is 11.2 Å². The Labute approximate surface area is 87.3 Å². The van der Waals surface area contributed by atoms with Crippen LogP contribution >= 0.6 is 0 Å². The second-order valence-electron chi connectivity index (χ2n) is 4.15. The van der Waals surface area contributed by atoms with Crippen LogP contribution in [0.4, 0.5) is 0 Å². The Morgan fingerprint density at radius 1 is 0.929 bits per heavy atom. The maximum atomic E-state index is 9.31. The molecular formula is C10H26N2O2. The van der Waals surface area contributed by atoms with E-state index >= 15 is 0 Å². The summed E-state index contributed by atoms with van der Waals surface area (Å²) in [4.78, 5) is 0. The van der Waals surface area contributed by atoms with Crippen LogP contribution in [0.25, 0.3) is 0 Å². The van der Waals surface area contributed by atoms with Crippen molar-refractivity contribution in [2.75, 3.05) is 13.1 Å². The van der Waals surface area contributed by atoms with Gasteiger partial charge >= 0.3 is 0 Å². The maximum absolute atomic E-state index is 9.31. The van der Waals surface area contributed by atoms with Crippen LogP contribution in [0.3, 0.4) is 0 Å². The summed E-state index contributed by atoms with van der Waals surface area (Å²) in [6.45, 7) is 7.93. The molecule has 6 N–H and O–H groups in total. The van der Waals surface area contributed by atoms with Crippen LogP contribution < -0.4 is 11.5 Å². The van der Waals surface area contributed by atoms with Gasteiger partial charge in [-0.2, -0.15) is 0 Å². The summed E-state index contributed by atoms with van der Waals surface area (Å²) < 4.78 is 0. The third-order valence-corrected chi connectivity index (χ3v) is 2.20. The molecule has 4 nitrogen and oxygen atoms in total. The molecule has 0 spiro atoms. The fraction of sp³-hybridized carbons (Fsp3) is 1.00. The number of hydrogen-bond donors (Lipinski definition) is 4. The zero-order chi connectivity index (χ0) is 11.8. The molecule has 0 saturated heterocycles. The zero-order valence-electron chi connectivity index (χ0n) is 9.88. The molecule has 0 bridgehead atoms. The summed E-state index contributed by atoms with van der Waals surface area (Å²) >= 11 is 0. The molecule has 0 radical (unpaired) electrons. The fourth-order valence-electron chi connectivity index (χ4n) is 0.539. The van der Waals surface area contributed by atoms with E-state index in [1.54, 1.807) is 13.8 Å². The van der Waals surface area contributed by atoms with Gasteiger partial charge in [0, 0.05) is 13.1 Å². The number of hydrogen-bond acceptors (Lipinski definition) is 4. The maximum Gasteiger partial charge on any atom is 0.0764 e. The van der Waals surface area contributed by atoms with E-state index < -0.39 is 11.2 Å². The number of rotatable bonds is 4. The highest BCUT2D eigenvalue weighted by molar-refractivity contribution is 4.74. The summed E-state index contributed by atoms with van der Waals surface area (Å²) in [5, 5.41) is 18.0. The molecule has 0 rings (SSSR count). The monoisotopic (exact) mass is 206 g/mol. The van der Waals surface area contributed by atoms with Gasteiger partial charge < -0.3 is 21.7 Å². The van der Waals surface area contributed by atoms with E-state index in [0.717, 1.165) is 12.8 Å².